The molecular formula is C20H26N4O. The lowest BCUT2D eigenvalue weighted by atomic mass is 9.81. The Kier molecular flexibility index (Phi) is 4.34. The van der Waals surface area contributed by atoms with E-state index in [-0.39, 0.29) is 11.4 Å². The third-order valence-corrected chi connectivity index (χ3v) is 5.62. The maximum Gasteiger partial charge on any atom is 0.253 e. The van der Waals surface area contributed by atoms with Crippen molar-refractivity contribution in [3.63, 3.8) is 0 Å². The number of rotatable bonds is 2. The SMILES string of the molecule is Cn1cc(-c2ccc(C(=O)N3CCCC4(CCCCN4)C3)cc2)cn1. The zero-order valence-corrected chi connectivity index (χ0v) is 14.9. The Bertz CT molecular complexity index is 738. The lowest BCUT2D eigenvalue weighted by Gasteiger charge is -2.46. The molecule has 0 bridgehead atoms. The van der Waals surface area contributed by atoms with E-state index in [1.54, 1.807) is 4.68 Å². The zero-order chi connectivity index (χ0) is 17.3. The third kappa shape index (κ3) is 3.33. The summed E-state index contributed by atoms with van der Waals surface area (Å²) in [6.45, 7) is 2.80. The second-order valence-corrected chi connectivity index (χ2v) is 7.47. The molecule has 2 aliphatic rings. The molecule has 1 N–H and O–H groups in total. The molecule has 5 heteroatoms. The molecule has 1 aromatic carbocycles. The number of aromatic nitrogens is 2. The smallest absolute Gasteiger partial charge is 0.253 e. The van der Waals surface area contributed by atoms with E-state index in [1.165, 1.54) is 25.7 Å². The Balaban J connectivity index is 1.48. The number of hydrogen-bond acceptors (Lipinski definition) is 3. The molecule has 3 heterocycles. The van der Waals surface area contributed by atoms with E-state index in [4.69, 9.17) is 0 Å². The van der Waals surface area contributed by atoms with Crippen LogP contribution in [0.2, 0.25) is 0 Å². The maximum absolute atomic E-state index is 13.0. The number of piperidine rings is 2. The van der Waals surface area contributed by atoms with E-state index in [9.17, 15) is 4.79 Å². The Morgan fingerprint density at radius 3 is 2.60 bits per heavy atom. The van der Waals surface area contributed by atoms with Crippen LogP contribution >= 0.6 is 0 Å². The van der Waals surface area contributed by atoms with Crippen LogP contribution in [0.4, 0.5) is 0 Å². The highest BCUT2D eigenvalue weighted by atomic mass is 16.2. The van der Waals surface area contributed by atoms with Crippen LogP contribution < -0.4 is 5.32 Å². The quantitative estimate of drug-likeness (QED) is 0.916. The molecule has 0 radical (unpaired) electrons. The predicted octanol–water partition coefficient (Wildman–Crippen LogP) is 2.84. The molecule has 2 aliphatic heterocycles. The predicted molar refractivity (Wildman–Crippen MR) is 98.4 cm³/mol. The molecule has 5 nitrogen and oxygen atoms in total. The number of hydrogen-bond donors (Lipinski definition) is 1. The number of nitrogens with zero attached hydrogens (tertiary/aromatic N) is 3. The van der Waals surface area contributed by atoms with Gasteiger partial charge in [-0.2, -0.15) is 5.10 Å². The zero-order valence-electron chi connectivity index (χ0n) is 14.9. The van der Waals surface area contributed by atoms with Gasteiger partial charge in [-0.05, 0) is 49.9 Å². The van der Waals surface area contributed by atoms with Crippen molar-refractivity contribution < 1.29 is 4.79 Å². The van der Waals surface area contributed by atoms with Crippen molar-refractivity contribution in [1.29, 1.82) is 0 Å². The number of benzene rings is 1. The Morgan fingerprint density at radius 1 is 1.12 bits per heavy atom. The van der Waals surface area contributed by atoms with Gasteiger partial charge in [-0.3, -0.25) is 9.48 Å². The largest absolute Gasteiger partial charge is 0.337 e. The fourth-order valence-electron chi connectivity index (χ4n) is 4.24. The Morgan fingerprint density at radius 2 is 1.92 bits per heavy atom. The molecular weight excluding hydrogens is 312 g/mol. The fraction of sp³-hybridized carbons (Fsp3) is 0.500. The van der Waals surface area contributed by atoms with E-state index in [2.05, 4.69) is 10.4 Å². The summed E-state index contributed by atoms with van der Waals surface area (Å²) in [5, 5.41) is 7.91. The minimum absolute atomic E-state index is 0.155. The van der Waals surface area contributed by atoms with Crippen molar-refractivity contribution in [2.75, 3.05) is 19.6 Å². The van der Waals surface area contributed by atoms with Crippen LogP contribution in [0.3, 0.4) is 0 Å². The molecule has 0 aliphatic carbocycles. The van der Waals surface area contributed by atoms with E-state index in [1.807, 2.05) is 48.6 Å². The monoisotopic (exact) mass is 338 g/mol. The van der Waals surface area contributed by atoms with Gasteiger partial charge >= 0.3 is 0 Å². The van der Waals surface area contributed by atoms with Crippen LogP contribution in [0.1, 0.15) is 42.5 Å². The molecule has 1 atom stereocenters. The average Bonchev–Trinajstić information content (AvgIpc) is 3.08. The van der Waals surface area contributed by atoms with Gasteiger partial charge in [-0.15, -0.1) is 0 Å². The van der Waals surface area contributed by atoms with Crippen LogP contribution in [-0.2, 0) is 7.05 Å². The van der Waals surface area contributed by atoms with E-state index in [0.29, 0.717) is 0 Å². The van der Waals surface area contributed by atoms with E-state index in [0.717, 1.165) is 42.7 Å². The van der Waals surface area contributed by atoms with Gasteiger partial charge in [0.15, 0.2) is 0 Å². The first-order chi connectivity index (χ1) is 12.2. The summed E-state index contributed by atoms with van der Waals surface area (Å²) < 4.78 is 1.79. The molecule has 2 fully saturated rings. The van der Waals surface area contributed by atoms with Gasteiger partial charge < -0.3 is 10.2 Å². The molecule has 1 amide bonds. The number of carbonyl (C=O) groups is 1. The second-order valence-electron chi connectivity index (χ2n) is 7.47. The minimum atomic E-state index is 0.155. The first-order valence-corrected chi connectivity index (χ1v) is 9.29. The summed E-state index contributed by atoms with van der Waals surface area (Å²) >= 11 is 0. The van der Waals surface area contributed by atoms with Crippen LogP contribution in [0.15, 0.2) is 36.7 Å². The first-order valence-electron chi connectivity index (χ1n) is 9.29. The Labute approximate surface area is 149 Å². The second kappa shape index (κ2) is 6.64. The van der Waals surface area contributed by atoms with Crippen LogP contribution in [0.5, 0.6) is 0 Å². The molecule has 2 aromatic rings. The molecule has 0 saturated carbocycles. The number of carbonyl (C=O) groups excluding carboxylic acids is 1. The molecule has 1 spiro atoms. The van der Waals surface area contributed by atoms with Gasteiger partial charge in [0.25, 0.3) is 5.91 Å². The van der Waals surface area contributed by atoms with Crippen LogP contribution in [0, 0.1) is 0 Å². The van der Waals surface area contributed by atoms with Gasteiger partial charge in [0, 0.05) is 43.0 Å². The van der Waals surface area contributed by atoms with E-state index < -0.39 is 0 Å². The van der Waals surface area contributed by atoms with Crippen molar-refractivity contribution in [2.24, 2.45) is 7.05 Å². The minimum Gasteiger partial charge on any atom is -0.337 e. The molecule has 4 rings (SSSR count). The standard InChI is InChI=1S/C20H26N4O/c1-23-14-18(13-22-23)16-5-7-17(8-6-16)19(25)24-12-4-10-20(15-24)9-2-3-11-21-20/h5-8,13-14,21H,2-4,9-12,15H2,1H3. The van der Waals surface area contributed by atoms with Crippen molar-refractivity contribution in [3.05, 3.63) is 42.2 Å². The molecule has 25 heavy (non-hydrogen) atoms. The maximum atomic E-state index is 13.0. The molecule has 1 aromatic heterocycles. The summed E-state index contributed by atoms with van der Waals surface area (Å²) in [6.07, 6.45) is 9.83. The highest BCUT2D eigenvalue weighted by molar-refractivity contribution is 5.94. The summed E-state index contributed by atoms with van der Waals surface area (Å²) in [5.41, 5.74) is 3.10. The summed E-state index contributed by atoms with van der Waals surface area (Å²) in [5.74, 6) is 0.157. The number of likely N-dealkylation sites (tertiary alicyclic amines) is 1. The van der Waals surface area contributed by atoms with Gasteiger partial charge in [-0.1, -0.05) is 18.6 Å². The third-order valence-electron chi connectivity index (χ3n) is 5.62. The highest BCUT2D eigenvalue weighted by Gasteiger charge is 2.37. The lowest BCUT2D eigenvalue weighted by molar-refractivity contribution is 0.0555. The number of amides is 1. The number of aryl methyl sites for hydroxylation is 1. The topological polar surface area (TPSA) is 50.2 Å². The summed E-state index contributed by atoms with van der Waals surface area (Å²) in [7, 11) is 1.91. The van der Waals surface area contributed by atoms with Crippen LogP contribution in [-0.4, -0.2) is 45.8 Å². The van der Waals surface area contributed by atoms with Crippen molar-refractivity contribution in [3.8, 4) is 11.1 Å². The van der Waals surface area contributed by atoms with Gasteiger partial charge in [0.05, 0.1) is 6.20 Å². The molecule has 2 saturated heterocycles. The highest BCUT2D eigenvalue weighted by Crippen LogP contribution is 2.30. The van der Waals surface area contributed by atoms with Gasteiger partial charge in [-0.25, -0.2) is 0 Å². The normalized spacial score (nSPS) is 23.8. The molecule has 132 valence electrons. The number of nitrogens with one attached hydrogen (secondary N) is 1. The first kappa shape index (κ1) is 16.3. The Hall–Kier alpha value is -2.14. The average molecular weight is 338 g/mol. The van der Waals surface area contributed by atoms with Crippen molar-refractivity contribution in [2.45, 2.75) is 37.6 Å². The summed E-state index contributed by atoms with van der Waals surface area (Å²) in [4.78, 5) is 15.0. The fourth-order valence-corrected chi connectivity index (χ4v) is 4.24. The lowest BCUT2D eigenvalue weighted by Crippen LogP contribution is -2.59. The van der Waals surface area contributed by atoms with E-state index >= 15 is 0 Å². The van der Waals surface area contributed by atoms with Crippen molar-refractivity contribution >= 4 is 5.91 Å². The summed E-state index contributed by atoms with van der Waals surface area (Å²) in [6, 6.07) is 7.92. The van der Waals surface area contributed by atoms with Crippen molar-refractivity contribution in [1.82, 2.24) is 20.0 Å². The van der Waals surface area contributed by atoms with Gasteiger partial charge in [0.2, 0.25) is 0 Å². The van der Waals surface area contributed by atoms with Crippen LogP contribution in [0.25, 0.3) is 11.1 Å². The molecule has 1 unspecified atom stereocenters. The van der Waals surface area contributed by atoms with Gasteiger partial charge in [0.1, 0.15) is 0 Å².